The van der Waals surface area contributed by atoms with E-state index in [0.717, 1.165) is 0 Å². The number of halogens is 3. The van der Waals surface area contributed by atoms with Crippen LogP contribution < -0.4 is 10.6 Å². The van der Waals surface area contributed by atoms with Crippen LogP contribution in [0.5, 0.6) is 0 Å². The molecule has 1 aromatic carbocycles. The lowest BCUT2D eigenvalue weighted by molar-refractivity contribution is -0.120. The van der Waals surface area contributed by atoms with E-state index in [1.165, 1.54) is 0 Å². The van der Waals surface area contributed by atoms with Gasteiger partial charge in [-0.25, -0.2) is 0 Å². The Labute approximate surface area is 140 Å². The van der Waals surface area contributed by atoms with Gasteiger partial charge in [-0.2, -0.15) is 0 Å². The summed E-state index contributed by atoms with van der Waals surface area (Å²) >= 11 is 11.9. The van der Waals surface area contributed by atoms with E-state index in [-0.39, 0.29) is 31.4 Å². The highest BCUT2D eigenvalue weighted by molar-refractivity contribution is 6.36. The third-order valence-corrected chi connectivity index (χ3v) is 3.25. The van der Waals surface area contributed by atoms with Crippen molar-refractivity contribution >= 4 is 41.5 Å². The van der Waals surface area contributed by atoms with Crippen LogP contribution in [-0.4, -0.2) is 44.4 Å². The second kappa shape index (κ2) is 11.1. The first-order valence-corrected chi connectivity index (χ1v) is 6.90. The van der Waals surface area contributed by atoms with E-state index in [9.17, 15) is 9.90 Å². The van der Waals surface area contributed by atoms with E-state index in [4.69, 9.17) is 27.9 Å². The molecule has 1 rings (SSSR count). The van der Waals surface area contributed by atoms with Crippen LogP contribution >= 0.6 is 35.6 Å². The van der Waals surface area contributed by atoms with Gasteiger partial charge in [0.05, 0.1) is 19.3 Å². The zero-order valence-corrected chi connectivity index (χ0v) is 13.9. The average Bonchev–Trinajstić information content (AvgIpc) is 2.41. The van der Waals surface area contributed by atoms with E-state index in [2.05, 4.69) is 10.6 Å². The van der Waals surface area contributed by atoms with Crippen LogP contribution in [0.2, 0.25) is 10.0 Å². The second-order valence-corrected chi connectivity index (χ2v) is 4.94. The normalized spacial score (nSPS) is 11.6. The predicted molar refractivity (Wildman–Crippen MR) is 86.4 cm³/mol. The van der Waals surface area contributed by atoms with E-state index < -0.39 is 6.10 Å². The first kappa shape index (κ1) is 20.4. The van der Waals surface area contributed by atoms with Crippen molar-refractivity contribution in [3.63, 3.8) is 0 Å². The van der Waals surface area contributed by atoms with Crippen molar-refractivity contribution in [2.45, 2.75) is 6.10 Å². The molecule has 0 radical (unpaired) electrons. The zero-order chi connectivity index (χ0) is 15.0. The van der Waals surface area contributed by atoms with Gasteiger partial charge in [-0.1, -0.05) is 29.3 Å². The molecule has 0 saturated carbocycles. The number of carbonyl (C=O) groups excluding carboxylic acids is 1. The minimum absolute atomic E-state index is 0. The van der Waals surface area contributed by atoms with Gasteiger partial charge in [0.25, 0.3) is 0 Å². The summed E-state index contributed by atoms with van der Waals surface area (Å²) in [4.78, 5) is 11.5. The molecule has 21 heavy (non-hydrogen) atoms. The molecule has 1 amide bonds. The lowest BCUT2D eigenvalue weighted by Gasteiger charge is -2.15. The molecule has 120 valence electrons. The molecule has 1 unspecified atom stereocenters. The fourth-order valence-electron chi connectivity index (χ4n) is 1.58. The Kier molecular flexibility index (Phi) is 10.8. The van der Waals surface area contributed by atoms with E-state index in [0.29, 0.717) is 28.8 Å². The number of amides is 1. The molecule has 0 spiro atoms. The number of hydrogen-bond donors (Lipinski definition) is 3. The molecule has 0 aliphatic heterocycles. The highest BCUT2D eigenvalue weighted by Crippen LogP contribution is 2.29. The smallest absolute Gasteiger partial charge is 0.234 e. The minimum atomic E-state index is -0.945. The number of benzene rings is 1. The quantitative estimate of drug-likeness (QED) is 0.621. The third-order valence-electron chi connectivity index (χ3n) is 2.59. The maximum absolute atomic E-state index is 11.5. The Balaban J connectivity index is 0.00000400. The predicted octanol–water partition coefficient (Wildman–Crippen LogP) is 1.80. The van der Waals surface area contributed by atoms with Crippen molar-refractivity contribution in [2.24, 2.45) is 0 Å². The highest BCUT2D eigenvalue weighted by atomic mass is 35.5. The van der Waals surface area contributed by atoms with Crippen LogP contribution in [0.3, 0.4) is 0 Å². The third kappa shape index (κ3) is 7.31. The molecule has 0 aliphatic rings. The van der Waals surface area contributed by atoms with E-state index in [1.807, 2.05) is 0 Å². The molecule has 5 nitrogen and oxygen atoms in total. The van der Waals surface area contributed by atoms with Crippen molar-refractivity contribution < 1.29 is 14.6 Å². The number of methoxy groups -OCH3 is 1. The van der Waals surface area contributed by atoms with E-state index >= 15 is 0 Å². The summed E-state index contributed by atoms with van der Waals surface area (Å²) < 4.78 is 4.84. The molecule has 0 aromatic heterocycles. The Morgan fingerprint density at radius 1 is 1.38 bits per heavy atom. The number of hydrogen-bond acceptors (Lipinski definition) is 4. The van der Waals surface area contributed by atoms with Crippen LogP contribution in [0.25, 0.3) is 0 Å². The summed E-state index contributed by atoms with van der Waals surface area (Å²) in [5, 5.41) is 16.3. The molecular weight excluding hydrogens is 339 g/mol. The molecule has 0 fully saturated rings. The molecular formula is C13H19Cl3N2O3. The topological polar surface area (TPSA) is 70.6 Å². The van der Waals surface area contributed by atoms with Gasteiger partial charge in [-0.05, 0) is 12.1 Å². The number of ether oxygens (including phenoxy) is 1. The van der Waals surface area contributed by atoms with Crippen LogP contribution in [0, 0.1) is 0 Å². The van der Waals surface area contributed by atoms with Gasteiger partial charge in [0.1, 0.15) is 0 Å². The average molecular weight is 358 g/mol. The van der Waals surface area contributed by atoms with Crippen molar-refractivity contribution in [1.82, 2.24) is 10.6 Å². The van der Waals surface area contributed by atoms with Gasteiger partial charge in [-0.3, -0.25) is 4.79 Å². The lowest BCUT2D eigenvalue weighted by atomic mass is 10.1. The number of aliphatic hydroxyl groups excluding tert-OH is 1. The fraction of sp³-hybridized carbons (Fsp3) is 0.462. The summed E-state index contributed by atoms with van der Waals surface area (Å²) in [6.45, 7) is 1.33. The van der Waals surface area contributed by atoms with Crippen molar-refractivity contribution in [2.75, 3.05) is 33.4 Å². The molecule has 1 aromatic rings. The van der Waals surface area contributed by atoms with E-state index in [1.54, 1.807) is 25.3 Å². The second-order valence-electron chi connectivity index (χ2n) is 4.12. The maximum atomic E-state index is 11.5. The first-order chi connectivity index (χ1) is 9.56. The number of nitrogens with one attached hydrogen (secondary N) is 2. The number of carbonyl (C=O) groups is 1. The number of rotatable bonds is 8. The van der Waals surface area contributed by atoms with Crippen LogP contribution in [0.4, 0.5) is 0 Å². The van der Waals surface area contributed by atoms with Crippen molar-refractivity contribution in [1.29, 1.82) is 0 Å². The summed E-state index contributed by atoms with van der Waals surface area (Å²) in [6, 6.07) is 4.97. The van der Waals surface area contributed by atoms with Gasteiger partial charge >= 0.3 is 0 Å². The lowest BCUT2D eigenvalue weighted by Crippen LogP contribution is -2.37. The Morgan fingerprint density at radius 3 is 2.57 bits per heavy atom. The van der Waals surface area contributed by atoms with Crippen LogP contribution in [0.1, 0.15) is 11.7 Å². The molecule has 0 saturated heterocycles. The minimum Gasteiger partial charge on any atom is -0.386 e. The van der Waals surface area contributed by atoms with Gasteiger partial charge in [0, 0.05) is 35.8 Å². The molecule has 0 heterocycles. The largest absolute Gasteiger partial charge is 0.386 e. The summed E-state index contributed by atoms with van der Waals surface area (Å²) in [5.74, 6) is -0.219. The standard InChI is InChI=1S/C13H18Cl2N2O3.ClH/c1-20-6-5-16-8-12(19)17-7-11(18)13-9(14)3-2-4-10(13)15;/h2-4,11,16,18H,5-8H2,1H3,(H,17,19);1H. The highest BCUT2D eigenvalue weighted by Gasteiger charge is 2.16. The molecule has 0 bridgehead atoms. The zero-order valence-electron chi connectivity index (χ0n) is 11.6. The molecule has 3 N–H and O–H groups in total. The van der Waals surface area contributed by atoms with Gasteiger partial charge in [-0.15, -0.1) is 12.4 Å². The Hall–Kier alpha value is -0.560. The van der Waals surface area contributed by atoms with Crippen LogP contribution in [0.15, 0.2) is 18.2 Å². The van der Waals surface area contributed by atoms with Gasteiger partial charge in [0.2, 0.25) is 5.91 Å². The Bertz CT molecular complexity index is 426. The van der Waals surface area contributed by atoms with Crippen LogP contribution in [-0.2, 0) is 9.53 Å². The number of aliphatic hydroxyl groups is 1. The first-order valence-electron chi connectivity index (χ1n) is 6.14. The molecule has 1 atom stereocenters. The Morgan fingerprint density at radius 2 is 2.00 bits per heavy atom. The molecule has 8 heteroatoms. The summed E-state index contributed by atoms with van der Waals surface area (Å²) in [5.41, 5.74) is 0.420. The fourth-order valence-corrected chi connectivity index (χ4v) is 2.23. The maximum Gasteiger partial charge on any atom is 0.234 e. The van der Waals surface area contributed by atoms with Gasteiger partial charge < -0.3 is 20.5 Å². The SMILES string of the molecule is COCCNCC(=O)NCC(O)c1c(Cl)cccc1Cl.Cl. The monoisotopic (exact) mass is 356 g/mol. The summed E-state index contributed by atoms with van der Waals surface area (Å²) in [6.07, 6.45) is -0.945. The van der Waals surface area contributed by atoms with Crippen molar-refractivity contribution in [3.05, 3.63) is 33.8 Å². The van der Waals surface area contributed by atoms with Gasteiger partial charge in [0.15, 0.2) is 0 Å². The molecule has 0 aliphatic carbocycles. The van der Waals surface area contributed by atoms with Crippen molar-refractivity contribution in [3.8, 4) is 0 Å². The summed E-state index contributed by atoms with van der Waals surface area (Å²) in [7, 11) is 1.59.